The van der Waals surface area contributed by atoms with Crippen molar-refractivity contribution < 1.29 is 58.3 Å². The highest BCUT2D eigenvalue weighted by atomic mass is 79.9. The topological polar surface area (TPSA) is 340 Å². The Labute approximate surface area is 717 Å². The Hall–Kier alpha value is -2.79. The van der Waals surface area contributed by atoms with Gasteiger partial charge in [0.25, 0.3) is 0 Å². The number of ether oxygens (including phenoxy) is 4. The highest BCUT2D eigenvalue weighted by Gasteiger charge is 2.48. The molecule has 0 saturated carbocycles. The van der Waals surface area contributed by atoms with E-state index in [1.165, 1.54) is 20.1 Å². The summed E-state index contributed by atoms with van der Waals surface area (Å²) in [5.41, 5.74) is 4.27. The van der Waals surface area contributed by atoms with Gasteiger partial charge in [-0.3, -0.25) is 0 Å². The monoisotopic (exact) mass is 1940 g/mol. The van der Waals surface area contributed by atoms with Crippen molar-refractivity contribution in [1.29, 1.82) is 15.8 Å². The number of aromatic nitrogens is 3. The number of nitrogens with zero attached hydrogens (tertiary/aromatic N) is 10. The molecule has 3 aromatic heterocycles. The van der Waals surface area contributed by atoms with Crippen molar-refractivity contribution >= 4 is 144 Å². The Morgan fingerprint density at radius 1 is 0.614 bits per heavy atom. The van der Waals surface area contributed by atoms with Gasteiger partial charge in [-0.2, -0.15) is 24.9 Å². The molecule has 0 aromatic carbocycles. The highest BCUT2D eigenvalue weighted by molar-refractivity contribution is 9.11. The maximum absolute atomic E-state index is 16.8. The first-order chi connectivity index (χ1) is 52.6. The van der Waals surface area contributed by atoms with Crippen molar-refractivity contribution in [3.8, 4) is 18.2 Å². The predicted molar refractivity (Wildman–Crippen MR) is 483 cm³/mol. The second-order valence-electron chi connectivity index (χ2n) is 33.0. The van der Waals surface area contributed by atoms with E-state index in [1.54, 1.807) is 88.0 Å². The molecular weight excluding hydrogens is 1810 g/mol. The summed E-state index contributed by atoms with van der Waals surface area (Å²) in [7, 11) is -18.4. The number of halogens is 6. The van der Waals surface area contributed by atoms with Crippen LogP contribution in [0.4, 0.5) is 13.2 Å². The molecule has 2 saturated heterocycles. The molecule has 2 fully saturated rings. The van der Waals surface area contributed by atoms with Crippen molar-refractivity contribution in [2.24, 2.45) is 23.2 Å². The SMILES string of the molecule is CC(C)(C#N)S(C)(=O)=NCCOC1CCC[CH+]O1.CC[Si](CC)(CC)c1cc(Br)nc(C(C)=N[S@](=O)C(C)(C)C)c1F.CC[Si](CC)(CC)c1cc(Br)nc([C@@](C)(N)CS(=O)(=NCCO)C(C)(C)C#N)c1F.CC[Si](CC)(CC)c1cc(Br)nc([C@](C)(CS(=O)(=NCCOC2CCCCO2)C(C)(C)C#N)N[S@](=O)C(C)(C)C)c1F. The Morgan fingerprint density at radius 3 is 1.42 bits per heavy atom. The molecule has 22 nitrogen and oxygen atoms in total. The quantitative estimate of drug-likeness (QED) is 0.0162. The minimum atomic E-state index is -3.38. The van der Waals surface area contributed by atoms with Gasteiger partial charge in [-0.15, -0.1) is 0 Å². The van der Waals surface area contributed by atoms with E-state index in [0.717, 1.165) is 98.1 Å². The lowest BCUT2D eigenvalue weighted by Crippen LogP contribution is -2.55. The van der Waals surface area contributed by atoms with Gasteiger partial charge in [-0.25, -0.2) is 67.0 Å². The van der Waals surface area contributed by atoms with Crippen molar-refractivity contribution in [2.75, 3.05) is 63.8 Å². The Kier molecular flexibility index (Phi) is 43.2. The van der Waals surface area contributed by atoms with Gasteiger partial charge in [0.1, 0.15) is 68.6 Å². The zero-order chi connectivity index (χ0) is 87.7. The van der Waals surface area contributed by atoms with E-state index >= 15 is 13.2 Å². The minimum Gasteiger partial charge on any atom is -0.394 e. The molecule has 5 unspecified atom stereocenters. The van der Waals surface area contributed by atoms with Gasteiger partial charge in [0.05, 0.1) is 171 Å². The predicted octanol–water partition coefficient (Wildman–Crippen LogP) is 17.0. The molecule has 3 aromatic rings. The summed E-state index contributed by atoms with van der Waals surface area (Å²) in [4.78, 5) is 13.2. The van der Waals surface area contributed by atoms with Crippen LogP contribution in [0.1, 0.15) is 222 Å². The number of nitrogens with one attached hydrogen (secondary N) is 1. The van der Waals surface area contributed by atoms with E-state index in [0.29, 0.717) is 49.7 Å². The fourth-order valence-electron chi connectivity index (χ4n) is 13.0. The molecule has 648 valence electrons. The smallest absolute Gasteiger partial charge is 0.231 e. The second-order valence-corrected chi connectivity index (χ2v) is 63.5. The molecule has 5 rings (SSSR count). The van der Waals surface area contributed by atoms with Crippen LogP contribution in [0.2, 0.25) is 54.4 Å². The third-order valence-corrected chi connectivity index (χ3v) is 52.3. The van der Waals surface area contributed by atoms with Crippen LogP contribution < -0.4 is 26.0 Å². The maximum atomic E-state index is 16.8. The first-order valence-corrected chi connectivity index (χ1v) is 57.2. The molecule has 0 bridgehead atoms. The van der Waals surface area contributed by atoms with Crippen LogP contribution in [0.25, 0.3) is 0 Å². The van der Waals surface area contributed by atoms with Crippen molar-refractivity contribution in [3.05, 3.63) is 73.1 Å². The summed E-state index contributed by atoms with van der Waals surface area (Å²) in [6, 6.07) is 19.7. The summed E-state index contributed by atoms with van der Waals surface area (Å²) >= 11 is 10.3. The van der Waals surface area contributed by atoms with Crippen LogP contribution in [0, 0.1) is 58.1 Å². The van der Waals surface area contributed by atoms with E-state index in [2.05, 4.69) is 153 Å². The summed E-state index contributed by atoms with van der Waals surface area (Å²) in [6.07, 6.45) is 6.68. The summed E-state index contributed by atoms with van der Waals surface area (Å²) in [5.74, 6) is -1.73. The fraction of sp³-hybridized carbons (Fsp3) is 0.744. The lowest BCUT2D eigenvalue weighted by Gasteiger charge is -2.37. The molecule has 0 aliphatic carbocycles. The first kappa shape index (κ1) is 107. The molecule has 4 N–H and O–H groups in total. The van der Waals surface area contributed by atoms with Gasteiger partial charge in [0, 0.05) is 19.3 Å². The highest BCUT2D eigenvalue weighted by Crippen LogP contribution is 2.37. The van der Waals surface area contributed by atoms with Crippen LogP contribution in [-0.4, -0.2) is 171 Å². The average molecular weight is 1940 g/mol. The second kappa shape index (κ2) is 45.9. The van der Waals surface area contributed by atoms with Crippen LogP contribution in [0.3, 0.4) is 0 Å². The lowest BCUT2D eigenvalue weighted by molar-refractivity contribution is -0.160. The molecule has 5 heterocycles. The number of rotatable bonds is 35. The molecule has 0 spiro atoms. The van der Waals surface area contributed by atoms with E-state index in [1.807, 2.05) is 39.0 Å². The van der Waals surface area contributed by atoms with Crippen LogP contribution in [0.15, 0.2) is 49.5 Å². The standard InChI is InChI=1S/C29H50BrFN4O4S2Si.C20H34BrFN4O2SSi.C17H28BrFN2OSSi.C12H21N2O3S/c1-10-42(11-2,12-3)22-19-23(30)34-26(25(22)31)29(9,35-40(36)27(4,5)6)21-41(37,28(7,8)20-32)33-16-18-39-24-15-13-14-17-38-24;1-7-30(8-2,9-3)15-12-16(21)26-18(17(15)22)20(6,24)14-29(28,25-10-11-27)19(4,5)13-23;1-8-24(9-2,10-3)13-11-14(18)20-16(15(13)19)12(4)21-23(22)17(5,6)7;1-12(2,10-13)18(3,15)14-7-9-17-11-6-4-5-8-16-11/h19,24,35H,10-18,21H2,1-9H3;12,27H,7-11,14,24H2,1-6H3;11H,8-10H2,1-7H3;8,11H,4-7,9H2,1-3H3/q;;;+1/t24?,29-,40+,41?;20-,29?;23-;/m001./s1. The number of nitriles is 3. The van der Waals surface area contributed by atoms with Crippen LogP contribution in [0.5, 0.6) is 0 Å². The van der Waals surface area contributed by atoms with Gasteiger partial charge in [-0.05, 0) is 211 Å². The molecule has 114 heavy (non-hydrogen) atoms. The van der Waals surface area contributed by atoms with Crippen LogP contribution >= 0.6 is 47.8 Å². The summed E-state index contributed by atoms with van der Waals surface area (Å²) in [6.45, 7) is 47.3. The fourth-order valence-corrected chi connectivity index (χ4v) is 32.9. The normalized spacial score (nSPS) is 18.6. The van der Waals surface area contributed by atoms with Gasteiger partial charge < -0.3 is 25.1 Å². The largest absolute Gasteiger partial charge is 0.394 e. The van der Waals surface area contributed by atoms with Crippen molar-refractivity contribution in [3.63, 3.8) is 0 Å². The third kappa shape index (κ3) is 28.4. The Bertz CT molecular complexity index is 4270. The first-order valence-electron chi connectivity index (χ1n) is 39.5. The zero-order valence-electron chi connectivity index (χ0n) is 72.4. The molecule has 0 radical (unpaired) electrons. The van der Waals surface area contributed by atoms with Gasteiger partial charge in [0.2, 0.25) is 12.9 Å². The summed E-state index contributed by atoms with van der Waals surface area (Å²) < 4.78 is 153. The molecule has 9 atom stereocenters. The molecule has 0 amide bonds. The number of hydrogen-bond acceptors (Lipinski definition) is 20. The van der Waals surface area contributed by atoms with Crippen molar-refractivity contribution in [1.82, 2.24) is 19.7 Å². The van der Waals surface area contributed by atoms with E-state index < -0.39 is 122 Å². The maximum Gasteiger partial charge on any atom is 0.231 e. The van der Waals surface area contributed by atoms with E-state index in [-0.39, 0.29) is 73.3 Å². The Balaban J connectivity index is 0.000000540. The molecule has 36 heteroatoms. The van der Waals surface area contributed by atoms with E-state index in [4.69, 9.17) is 35.0 Å². The number of nitrogens with two attached hydrogens (primary N) is 1. The number of pyridine rings is 3. The lowest BCUT2D eigenvalue weighted by atomic mass is 10.0. The van der Waals surface area contributed by atoms with Crippen molar-refractivity contribution in [2.45, 2.75) is 306 Å². The number of aliphatic hydroxyl groups excluding tert-OH is 1. The van der Waals surface area contributed by atoms with Gasteiger partial charge in [-0.1, -0.05) is 117 Å². The zero-order valence-corrected chi connectivity index (χ0v) is 84.3. The molecule has 2 aliphatic heterocycles. The third-order valence-electron chi connectivity index (χ3n) is 21.9. The van der Waals surface area contributed by atoms with E-state index in [9.17, 15) is 31.6 Å². The number of aliphatic hydroxyl groups is 1. The molecule has 2 aliphatic rings. The number of hydrogen-bond donors (Lipinski definition) is 3. The average Bonchev–Trinajstić information content (AvgIpc) is 0.852. The van der Waals surface area contributed by atoms with Crippen LogP contribution in [-0.2, 0) is 81.2 Å². The van der Waals surface area contributed by atoms with Gasteiger partial charge in [0.15, 0.2) is 6.29 Å². The summed E-state index contributed by atoms with van der Waals surface area (Å²) in [5, 5.41) is 39.9. The van der Waals surface area contributed by atoms with Gasteiger partial charge >= 0.3 is 0 Å². The minimum absolute atomic E-state index is 0.0276. The molecular formula is C78H133Br3F3N12O10S5Si3+. The Morgan fingerprint density at radius 2 is 1.02 bits per heavy atom.